The van der Waals surface area contributed by atoms with Crippen molar-refractivity contribution >= 4 is 28.7 Å². The number of carboxylic acid groups (broad SMARTS) is 1. The van der Waals surface area contributed by atoms with Crippen LogP contribution in [0.25, 0.3) is 0 Å². The average Bonchev–Trinajstić information content (AvgIpc) is 2.72. The quantitative estimate of drug-likeness (QED) is 0.793. The van der Waals surface area contributed by atoms with Gasteiger partial charge >= 0.3 is 5.97 Å². The molecule has 1 rings (SSSR count). The van der Waals surface area contributed by atoms with E-state index in [2.05, 4.69) is 4.72 Å². The fraction of sp³-hybridized carbons (Fsp3) is 0.615. The van der Waals surface area contributed by atoms with E-state index < -0.39 is 17.3 Å². The molecule has 0 saturated carbocycles. The Morgan fingerprint density at radius 1 is 1.58 bits per heavy atom. The molecule has 1 aromatic rings. The predicted molar refractivity (Wildman–Crippen MR) is 80.0 cm³/mol. The van der Waals surface area contributed by atoms with Crippen molar-refractivity contribution in [1.82, 2.24) is 4.72 Å². The third kappa shape index (κ3) is 5.14. The number of hydrogen-bond acceptors (Lipinski definition) is 4. The highest BCUT2D eigenvalue weighted by molar-refractivity contribution is 7.90. The Morgan fingerprint density at radius 2 is 2.21 bits per heavy atom. The van der Waals surface area contributed by atoms with Gasteiger partial charge in [0, 0.05) is 22.8 Å². The summed E-state index contributed by atoms with van der Waals surface area (Å²) < 4.78 is 14.6. The first-order valence-corrected chi connectivity index (χ1v) is 8.19. The van der Waals surface area contributed by atoms with Crippen molar-refractivity contribution in [3.8, 4) is 0 Å². The van der Waals surface area contributed by atoms with Crippen LogP contribution >= 0.6 is 11.3 Å². The van der Waals surface area contributed by atoms with Crippen LogP contribution in [0.2, 0.25) is 0 Å². The zero-order valence-electron chi connectivity index (χ0n) is 11.7. The molecule has 0 aliphatic carbocycles. The van der Waals surface area contributed by atoms with Gasteiger partial charge in [0.2, 0.25) is 0 Å². The summed E-state index contributed by atoms with van der Waals surface area (Å²) in [7, 11) is 0. The van der Waals surface area contributed by atoms with Gasteiger partial charge in [-0.15, -0.1) is 16.1 Å². The molecule has 19 heavy (non-hydrogen) atoms. The minimum atomic E-state index is -1.08. The molecule has 0 amide bonds. The van der Waals surface area contributed by atoms with E-state index in [1.165, 1.54) is 11.3 Å². The Balaban J connectivity index is 2.50. The number of thiophene rings is 1. The maximum Gasteiger partial charge on any atom is 0.336 e. The summed E-state index contributed by atoms with van der Waals surface area (Å²) in [6.07, 6.45) is 0.688. The molecule has 1 aromatic heterocycles. The second-order valence-corrected chi connectivity index (χ2v) is 8.65. The van der Waals surface area contributed by atoms with Gasteiger partial charge in [0.1, 0.15) is 4.75 Å². The third-order valence-electron chi connectivity index (χ3n) is 2.63. The van der Waals surface area contributed by atoms with Crippen molar-refractivity contribution in [2.75, 3.05) is 6.54 Å². The first-order chi connectivity index (χ1) is 8.71. The Hall–Kier alpha value is -0.560. The zero-order chi connectivity index (χ0) is 14.6. The number of aromatic carboxylic acids is 1. The molecule has 6 heteroatoms. The molecular formula is C13H21NO3S2. The summed E-state index contributed by atoms with van der Waals surface area (Å²) in [5.74, 6) is -0.641. The average molecular weight is 303 g/mol. The van der Waals surface area contributed by atoms with Crippen LogP contribution < -0.4 is 4.72 Å². The zero-order valence-corrected chi connectivity index (χ0v) is 13.4. The maximum absolute atomic E-state index is 11.9. The molecular weight excluding hydrogens is 282 g/mol. The lowest BCUT2D eigenvalue weighted by Crippen LogP contribution is -2.41. The Bertz CT molecular complexity index is 426. The first kappa shape index (κ1) is 16.5. The summed E-state index contributed by atoms with van der Waals surface area (Å²) in [5.41, 5.74) is 0.383. The van der Waals surface area contributed by atoms with E-state index >= 15 is 0 Å². The van der Waals surface area contributed by atoms with Crippen LogP contribution in [0.3, 0.4) is 0 Å². The maximum atomic E-state index is 11.9. The van der Waals surface area contributed by atoms with Gasteiger partial charge in [-0.25, -0.2) is 4.79 Å². The van der Waals surface area contributed by atoms with Gasteiger partial charge in [-0.1, -0.05) is 6.92 Å². The van der Waals surface area contributed by atoms with E-state index in [9.17, 15) is 9.35 Å². The second kappa shape index (κ2) is 6.74. The number of rotatable bonds is 6. The summed E-state index contributed by atoms with van der Waals surface area (Å²) in [5, 5.41) is 10.8. The van der Waals surface area contributed by atoms with Crippen LogP contribution in [-0.4, -0.2) is 26.9 Å². The highest BCUT2D eigenvalue weighted by atomic mass is 32.2. The lowest BCUT2D eigenvalue weighted by atomic mass is 10.1. The molecule has 0 saturated heterocycles. The standard InChI is InChI=1S/C13H21NO3S2/c1-9(8-14-19(17)13(2,3)4)7-11-10(12(15)16)5-6-18-11/h5-6,9,14H,7-8H2,1-4H3,(H,15,16)/t9-,19-/m1/s1. The minimum Gasteiger partial charge on any atom is -0.598 e. The Morgan fingerprint density at radius 3 is 2.74 bits per heavy atom. The van der Waals surface area contributed by atoms with E-state index in [1.54, 1.807) is 11.4 Å². The minimum absolute atomic E-state index is 0.239. The van der Waals surface area contributed by atoms with Crippen molar-refractivity contribution in [3.05, 3.63) is 21.9 Å². The largest absolute Gasteiger partial charge is 0.598 e. The number of hydrogen-bond donors (Lipinski definition) is 2. The van der Waals surface area contributed by atoms with Gasteiger partial charge in [0.05, 0.1) is 5.56 Å². The van der Waals surface area contributed by atoms with Gasteiger partial charge in [0.15, 0.2) is 0 Å². The van der Waals surface area contributed by atoms with Crippen molar-refractivity contribution < 1.29 is 14.5 Å². The molecule has 0 aromatic carbocycles. The van der Waals surface area contributed by atoms with E-state index in [1.807, 2.05) is 27.7 Å². The molecule has 0 unspecified atom stereocenters. The summed E-state index contributed by atoms with van der Waals surface area (Å²) in [6, 6.07) is 1.63. The summed E-state index contributed by atoms with van der Waals surface area (Å²) in [6.45, 7) is 8.40. The van der Waals surface area contributed by atoms with Crippen LogP contribution in [0, 0.1) is 5.92 Å². The molecule has 0 spiro atoms. The molecule has 2 N–H and O–H groups in total. The van der Waals surface area contributed by atoms with Crippen LogP contribution in [0.15, 0.2) is 11.4 Å². The molecule has 0 aliphatic heterocycles. The monoisotopic (exact) mass is 303 g/mol. The third-order valence-corrected chi connectivity index (χ3v) is 5.11. The van der Waals surface area contributed by atoms with E-state index in [-0.39, 0.29) is 10.7 Å². The summed E-state index contributed by atoms with van der Waals surface area (Å²) >= 11 is 0.378. The van der Waals surface area contributed by atoms with Gasteiger partial charge in [-0.05, 0) is 44.6 Å². The second-order valence-electron chi connectivity index (χ2n) is 5.60. The number of carbonyl (C=O) groups is 1. The van der Waals surface area contributed by atoms with Crippen LogP contribution in [0.4, 0.5) is 0 Å². The number of carboxylic acids is 1. The van der Waals surface area contributed by atoms with Gasteiger partial charge < -0.3 is 9.66 Å². The van der Waals surface area contributed by atoms with Crippen LogP contribution in [0.5, 0.6) is 0 Å². The molecule has 0 radical (unpaired) electrons. The molecule has 1 heterocycles. The van der Waals surface area contributed by atoms with Gasteiger partial charge in [-0.3, -0.25) is 0 Å². The Kier molecular flexibility index (Phi) is 5.85. The Labute approximate surface area is 121 Å². The lowest BCUT2D eigenvalue weighted by molar-refractivity contribution is 0.0696. The van der Waals surface area contributed by atoms with Crippen molar-refractivity contribution in [1.29, 1.82) is 0 Å². The van der Waals surface area contributed by atoms with Gasteiger partial charge in [-0.2, -0.15) is 0 Å². The van der Waals surface area contributed by atoms with Crippen LogP contribution in [-0.2, 0) is 17.8 Å². The summed E-state index contributed by atoms with van der Waals surface area (Å²) in [4.78, 5) is 11.9. The fourth-order valence-corrected chi connectivity index (χ4v) is 3.41. The molecule has 0 bridgehead atoms. The van der Waals surface area contributed by atoms with E-state index in [4.69, 9.17) is 5.11 Å². The first-order valence-electron chi connectivity index (χ1n) is 6.17. The van der Waals surface area contributed by atoms with E-state index in [0.29, 0.717) is 18.5 Å². The predicted octanol–water partition coefficient (Wildman–Crippen LogP) is 2.68. The normalized spacial score (nSPS) is 15.2. The fourth-order valence-electron chi connectivity index (χ4n) is 1.51. The van der Waals surface area contributed by atoms with Gasteiger partial charge in [0.25, 0.3) is 0 Å². The van der Waals surface area contributed by atoms with Crippen molar-refractivity contribution in [2.45, 2.75) is 38.9 Å². The molecule has 108 valence electrons. The molecule has 0 fully saturated rings. The van der Waals surface area contributed by atoms with Crippen LogP contribution in [0.1, 0.15) is 42.9 Å². The molecule has 2 atom stereocenters. The SMILES string of the molecule is C[C@@H](CN[S@+]([O-])C(C)(C)C)Cc1sccc1C(=O)O. The highest BCUT2D eigenvalue weighted by Crippen LogP contribution is 2.21. The molecule has 0 aliphatic rings. The van der Waals surface area contributed by atoms with Crippen molar-refractivity contribution in [3.63, 3.8) is 0 Å². The van der Waals surface area contributed by atoms with E-state index in [0.717, 1.165) is 4.88 Å². The lowest BCUT2D eigenvalue weighted by Gasteiger charge is -2.24. The smallest absolute Gasteiger partial charge is 0.336 e. The van der Waals surface area contributed by atoms with Crippen molar-refractivity contribution in [2.24, 2.45) is 5.92 Å². The topological polar surface area (TPSA) is 72.4 Å². The number of nitrogens with one attached hydrogen (secondary N) is 1. The highest BCUT2D eigenvalue weighted by Gasteiger charge is 2.26. The molecule has 4 nitrogen and oxygen atoms in total.